The number of likely N-dealkylation sites (tertiary alicyclic amines) is 1. The molecule has 136 valence electrons. The van der Waals surface area contributed by atoms with E-state index in [1.54, 1.807) is 0 Å². The van der Waals surface area contributed by atoms with Gasteiger partial charge >= 0.3 is 6.09 Å². The van der Waals surface area contributed by atoms with Gasteiger partial charge in [-0.1, -0.05) is 51.1 Å². The lowest BCUT2D eigenvalue weighted by molar-refractivity contribution is 0.143. The van der Waals surface area contributed by atoms with Gasteiger partial charge in [0.05, 0.1) is 11.0 Å². The van der Waals surface area contributed by atoms with Crippen molar-refractivity contribution in [1.82, 2.24) is 9.88 Å². The van der Waals surface area contributed by atoms with E-state index >= 15 is 0 Å². The molecule has 4 heteroatoms. The van der Waals surface area contributed by atoms with Gasteiger partial charge in [0.15, 0.2) is 5.75 Å². The minimum absolute atomic E-state index is 0.0328. The highest BCUT2D eigenvalue weighted by atomic mass is 16.6. The summed E-state index contributed by atoms with van der Waals surface area (Å²) in [5.41, 5.74) is 3.31. The number of carbonyl (C=O) groups excluding carboxylic acids is 1. The molecule has 0 radical (unpaired) electrons. The predicted octanol–water partition coefficient (Wildman–Crippen LogP) is 5.60. The maximum atomic E-state index is 12.5. The standard InChI is InChI=1S/C22H26N2O2/c1-22(2,3)17-11-7-9-15-16-10-8-12-18(20(16)23-19(15)17)26-21(25)24-13-5-4-6-14-24/h7-12,23H,4-6,13-14H2,1-3H3. The van der Waals surface area contributed by atoms with Gasteiger partial charge in [0.25, 0.3) is 0 Å². The molecule has 0 saturated carbocycles. The lowest BCUT2D eigenvalue weighted by atomic mass is 9.86. The van der Waals surface area contributed by atoms with Gasteiger partial charge in [0.2, 0.25) is 0 Å². The molecule has 1 aliphatic heterocycles. The van der Waals surface area contributed by atoms with Crippen LogP contribution in [0.3, 0.4) is 0 Å². The van der Waals surface area contributed by atoms with Crippen LogP contribution in [-0.2, 0) is 5.41 Å². The largest absolute Gasteiger partial charge is 0.415 e. The Bertz CT molecular complexity index is 959. The molecule has 2 heterocycles. The van der Waals surface area contributed by atoms with Crippen LogP contribution in [0.4, 0.5) is 4.79 Å². The van der Waals surface area contributed by atoms with Gasteiger partial charge in [-0.15, -0.1) is 0 Å². The van der Waals surface area contributed by atoms with Crippen molar-refractivity contribution in [3.8, 4) is 5.75 Å². The summed E-state index contributed by atoms with van der Waals surface area (Å²) in [4.78, 5) is 17.9. The van der Waals surface area contributed by atoms with Crippen LogP contribution in [-0.4, -0.2) is 29.1 Å². The molecule has 0 atom stereocenters. The highest BCUT2D eigenvalue weighted by molar-refractivity contribution is 6.10. The number of amides is 1. The zero-order valence-electron chi connectivity index (χ0n) is 15.8. The van der Waals surface area contributed by atoms with Crippen molar-refractivity contribution < 1.29 is 9.53 Å². The van der Waals surface area contributed by atoms with Crippen molar-refractivity contribution in [2.24, 2.45) is 0 Å². The number of rotatable bonds is 1. The van der Waals surface area contributed by atoms with Crippen molar-refractivity contribution in [3.63, 3.8) is 0 Å². The van der Waals surface area contributed by atoms with Crippen LogP contribution in [0.1, 0.15) is 45.6 Å². The number of piperidine rings is 1. The Hall–Kier alpha value is -2.49. The van der Waals surface area contributed by atoms with Crippen molar-refractivity contribution in [2.45, 2.75) is 45.4 Å². The van der Waals surface area contributed by atoms with Crippen LogP contribution in [0.5, 0.6) is 5.75 Å². The summed E-state index contributed by atoms with van der Waals surface area (Å²) in [6, 6.07) is 12.3. The first kappa shape index (κ1) is 17.0. The second kappa shape index (κ2) is 6.35. The summed E-state index contributed by atoms with van der Waals surface area (Å²) < 4.78 is 5.78. The number of ether oxygens (including phenoxy) is 1. The van der Waals surface area contributed by atoms with E-state index < -0.39 is 0 Å². The average molecular weight is 350 g/mol. The Balaban J connectivity index is 1.78. The monoisotopic (exact) mass is 350 g/mol. The zero-order chi connectivity index (χ0) is 18.3. The SMILES string of the molecule is CC(C)(C)c1cccc2c1[nH]c1c(OC(=O)N3CCCCC3)cccc12. The van der Waals surface area contributed by atoms with E-state index in [2.05, 4.69) is 50.0 Å². The van der Waals surface area contributed by atoms with Crippen molar-refractivity contribution in [3.05, 3.63) is 42.0 Å². The van der Waals surface area contributed by atoms with Crippen molar-refractivity contribution >= 4 is 27.9 Å². The molecule has 2 aromatic carbocycles. The van der Waals surface area contributed by atoms with E-state index in [0.29, 0.717) is 5.75 Å². The van der Waals surface area contributed by atoms with Crippen LogP contribution in [0, 0.1) is 0 Å². The minimum Gasteiger partial charge on any atom is -0.408 e. The van der Waals surface area contributed by atoms with Crippen LogP contribution < -0.4 is 4.74 Å². The van der Waals surface area contributed by atoms with E-state index in [0.717, 1.165) is 42.4 Å². The Kier molecular flexibility index (Phi) is 4.14. The van der Waals surface area contributed by atoms with Crippen LogP contribution in [0.15, 0.2) is 36.4 Å². The molecule has 4 rings (SSSR count). The average Bonchev–Trinajstić information content (AvgIpc) is 3.01. The van der Waals surface area contributed by atoms with Gasteiger partial charge in [0.1, 0.15) is 0 Å². The smallest absolute Gasteiger partial charge is 0.408 e. The number of aromatic amines is 1. The lowest BCUT2D eigenvalue weighted by Crippen LogP contribution is -2.37. The molecule has 4 nitrogen and oxygen atoms in total. The molecule has 1 fully saturated rings. The molecule has 26 heavy (non-hydrogen) atoms. The molecular weight excluding hydrogens is 324 g/mol. The number of fused-ring (bicyclic) bond motifs is 3. The topological polar surface area (TPSA) is 45.3 Å². The number of hydrogen-bond donors (Lipinski definition) is 1. The second-order valence-electron chi connectivity index (χ2n) is 8.20. The lowest BCUT2D eigenvalue weighted by Gasteiger charge is -2.25. The van der Waals surface area contributed by atoms with Crippen LogP contribution in [0.25, 0.3) is 21.8 Å². The molecule has 0 spiro atoms. The number of aromatic nitrogens is 1. The molecule has 1 saturated heterocycles. The number of para-hydroxylation sites is 2. The number of H-pyrrole nitrogens is 1. The third-order valence-electron chi connectivity index (χ3n) is 5.25. The second-order valence-corrected chi connectivity index (χ2v) is 8.20. The summed E-state index contributed by atoms with van der Waals surface area (Å²) >= 11 is 0. The fourth-order valence-electron chi connectivity index (χ4n) is 3.87. The summed E-state index contributed by atoms with van der Waals surface area (Å²) in [6.07, 6.45) is 3.06. The zero-order valence-corrected chi connectivity index (χ0v) is 15.8. The quantitative estimate of drug-likeness (QED) is 0.620. The molecule has 1 N–H and O–H groups in total. The first-order valence-electron chi connectivity index (χ1n) is 9.46. The van der Waals surface area contributed by atoms with E-state index in [1.807, 2.05) is 17.0 Å². The fraction of sp³-hybridized carbons (Fsp3) is 0.409. The first-order chi connectivity index (χ1) is 12.4. The molecule has 0 unspecified atom stereocenters. The predicted molar refractivity (Wildman–Crippen MR) is 106 cm³/mol. The van der Waals surface area contributed by atoms with Crippen molar-refractivity contribution in [2.75, 3.05) is 13.1 Å². The normalized spacial score (nSPS) is 15.6. The van der Waals surface area contributed by atoms with Gasteiger partial charge in [0, 0.05) is 23.9 Å². The van der Waals surface area contributed by atoms with E-state index in [-0.39, 0.29) is 11.5 Å². The van der Waals surface area contributed by atoms with Gasteiger partial charge < -0.3 is 14.6 Å². The summed E-state index contributed by atoms with van der Waals surface area (Å²) in [6.45, 7) is 8.21. The number of nitrogens with one attached hydrogen (secondary N) is 1. The Labute approximate surface area is 154 Å². The molecular formula is C22H26N2O2. The van der Waals surface area contributed by atoms with Gasteiger partial charge in [-0.3, -0.25) is 0 Å². The minimum atomic E-state index is -0.244. The highest BCUT2D eigenvalue weighted by Gasteiger charge is 2.22. The number of carbonyl (C=O) groups is 1. The third-order valence-corrected chi connectivity index (χ3v) is 5.25. The van der Waals surface area contributed by atoms with Gasteiger partial charge in [-0.25, -0.2) is 4.79 Å². The molecule has 3 aromatic rings. The van der Waals surface area contributed by atoms with E-state index in [1.165, 1.54) is 17.4 Å². The first-order valence-corrected chi connectivity index (χ1v) is 9.46. The summed E-state index contributed by atoms with van der Waals surface area (Å²) in [5.74, 6) is 0.606. The van der Waals surface area contributed by atoms with Crippen LogP contribution in [0.2, 0.25) is 0 Å². The van der Waals surface area contributed by atoms with Gasteiger partial charge in [-0.05, 0) is 36.3 Å². The Morgan fingerprint density at radius 2 is 1.62 bits per heavy atom. The molecule has 1 aromatic heterocycles. The maximum absolute atomic E-state index is 12.5. The van der Waals surface area contributed by atoms with Crippen molar-refractivity contribution in [1.29, 1.82) is 0 Å². The van der Waals surface area contributed by atoms with Crippen LogP contribution >= 0.6 is 0 Å². The highest BCUT2D eigenvalue weighted by Crippen LogP contribution is 2.36. The third kappa shape index (κ3) is 2.94. The molecule has 0 aliphatic carbocycles. The molecule has 1 amide bonds. The number of hydrogen-bond acceptors (Lipinski definition) is 2. The van der Waals surface area contributed by atoms with E-state index in [9.17, 15) is 4.79 Å². The summed E-state index contributed by atoms with van der Waals surface area (Å²) in [7, 11) is 0. The van der Waals surface area contributed by atoms with E-state index in [4.69, 9.17) is 4.74 Å². The number of nitrogens with zero attached hydrogens (tertiary/aromatic N) is 1. The summed E-state index contributed by atoms with van der Waals surface area (Å²) in [5, 5.41) is 2.26. The fourth-order valence-corrected chi connectivity index (χ4v) is 3.87. The van der Waals surface area contributed by atoms with Gasteiger partial charge in [-0.2, -0.15) is 0 Å². The Morgan fingerprint density at radius 3 is 2.31 bits per heavy atom. The maximum Gasteiger partial charge on any atom is 0.415 e. The molecule has 1 aliphatic rings. The number of benzene rings is 2. The molecule has 0 bridgehead atoms. The Morgan fingerprint density at radius 1 is 0.962 bits per heavy atom.